The van der Waals surface area contributed by atoms with E-state index in [1.165, 1.54) is 6.07 Å². The minimum atomic E-state index is -0.855. The second-order valence-electron chi connectivity index (χ2n) is 5.04. The number of halogens is 2. The maximum atomic E-state index is 13.7. The van der Waals surface area contributed by atoms with Gasteiger partial charge in [0.15, 0.2) is 16.4 Å². The van der Waals surface area contributed by atoms with E-state index in [1.54, 1.807) is 6.07 Å². The Morgan fingerprint density at radius 3 is 2.90 bits per heavy atom. The Labute approximate surface area is 124 Å². The van der Waals surface area contributed by atoms with Crippen LogP contribution in [0.1, 0.15) is 16.8 Å². The number of aromatic nitrogens is 2. The van der Waals surface area contributed by atoms with Crippen LogP contribution in [0, 0.1) is 16.4 Å². The first-order valence-corrected chi connectivity index (χ1v) is 6.95. The molecule has 1 aliphatic rings. The molecule has 1 aliphatic heterocycles. The molecule has 0 spiro atoms. The van der Waals surface area contributed by atoms with Gasteiger partial charge in [-0.1, -0.05) is 12.1 Å². The Morgan fingerprint density at radius 1 is 1.29 bits per heavy atom. The first-order valence-electron chi connectivity index (χ1n) is 6.54. The van der Waals surface area contributed by atoms with Crippen LogP contribution in [0.25, 0.3) is 0 Å². The van der Waals surface area contributed by atoms with Crippen molar-refractivity contribution in [1.29, 1.82) is 0 Å². The second kappa shape index (κ2) is 5.50. The Morgan fingerprint density at radius 2 is 2.10 bits per heavy atom. The van der Waals surface area contributed by atoms with Gasteiger partial charge in [0.1, 0.15) is 0 Å². The van der Waals surface area contributed by atoms with Gasteiger partial charge in [-0.25, -0.2) is 8.78 Å². The van der Waals surface area contributed by atoms with Gasteiger partial charge in [0.2, 0.25) is 0 Å². The minimum absolute atomic E-state index is 0.224. The number of benzene rings is 1. The Bertz CT molecular complexity index is 800. The molecule has 4 nitrogen and oxygen atoms in total. The van der Waals surface area contributed by atoms with Crippen molar-refractivity contribution in [2.75, 3.05) is 6.54 Å². The third-order valence-electron chi connectivity index (χ3n) is 3.62. The summed E-state index contributed by atoms with van der Waals surface area (Å²) in [5.41, 5.74) is 1.49. The predicted molar refractivity (Wildman–Crippen MR) is 76.4 cm³/mol. The van der Waals surface area contributed by atoms with Gasteiger partial charge >= 0.3 is 0 Å². The van der Waals surface area contributed by atoms with Crippen LogP contribution in [0.3, 0.4) is 0 Å². The lowest BCUT2D eigenvalue weighted by Crippen LogP contribution is -2.35. The highest BCUT2D eigenvalue weighted by molar-refractivity contribution is 7.71. The summed E-state index contributed by atoms with van der Waals surface area (Å²) >= 11 is 4.93. The van der Waals surface area contributed by atoms with Gasteiger partial charge in [-0.05, 0) is 18.3 Å². The summed E-state index contributed by atoms with van der Waals surface area (Å²) in [7, 11) is 0. The zero-order chi connectivity index (χ0) is 15.0. The van der Waals surface area contributed by atoms with Gasteiger partial charge < -0.3 is 4.98 Å². The zero-order valence-corrected chi connectivity index (χ0v) is 11.9. The van der Waals surface area contributed by atoms with Crippen molar-refractivity contribution >= 4 is 12.2 Å². The fourth-order valence-electron chi connectivity index (χ4n) is 2.56. The summed E-state index contributed by atoms with van der Waals surface area (Å²) in [5, 5.41) is 0. The van der Waals surface area contributed by atoms with Crippen LogP contribution in [0.15, 0.2) is 23.0 Å². The lowest BCUT2D eigenvalue weighted by molar-refractivity contribution is 0.237. The normalized spacial score (nSPS) is 15.0. The molecule has 2 heterocycles. The highest BCUT2D eigenvalue weighted by Crippen LogP contribution is 2.18. The van der Waals surface area contributed by atoms with Crippen LogP contribution >= 0.6 is 12.2 Å². The Hall–Kier alpha value is -1.86. The average Bonchev–Trinajstić information content (AvgIpc) is 2.44. The van der Waals surface area contributed by atoms with E-state index in [1.807, 2.05) is 4.90 Å². The van der Waals surface area contributed by atoms with Crippen LogP contribution in [-0.4, -0.2) is 21.4 Å². The summed E-state index contributed by atoms with van der Waals surface area (Å²) in [4.78, 5) is 19.3. The molecule has 7 heteroatoms. The van der Waals surface area contributed by atoms with E-state index < -0.39 is 11.6 Å². The summed E-state index contributed by atoms with van der Waals surface area (Å²) in [5.74, 6) is -1.68. The van der Waals surface area contributed by atoms with Gasteiger partial charge in [0.05, 0.1) is 5.56 Å². The molecular formula is C14H13F2N3OS. The smallest absolute Gasteiger partial charge is 0.256 e. The van der Waals surface area contributed by atoms with Crippen molar-refractivity contribution in [3.8, 4) is 0 Å². The van der Waals surface area contributed by atoms with Gasteiger partial charge in [0.25, 0.3) is 5.56 Å². The number of hydrogen-bond donors (Lipinski definition) is 2. The van der Waals surface area contributed by atoms with Crippen molar-refractivity contribution < 1.29 is 8.78 Å². The maximum absolute atomic E-state index is 13.7. The summed E-state index contributed by atoms with van der Waals surface area (Å²) in [6, 6.07) is 4.13. The molecule has 110 valence electrons. The lowest BCUT2D eigenvalue weighted by atomic mass is 10.1. The molecule has 0 unspecified atom stereocenters. The minimum Gasteiger partial charge on any atom is -0.335 e. The third-order valence-corrected chi connectivity index (χ3v) is 3.82. The van der Waals surface area contributed by atoms with E-state index in [0.717, 1.165) is 11.8 Å². The maximum Gasteiger partial charge on any atom is 0.256 e. The Balaban J connectivity index is 1.85. The number of rotatable bonds is 2. The largest absolute Gasteiger partial charge is 0.335 e. The van der Waals surface area contributed by atoms with E-state index in [2.05, 4.69) is 9.97 Å². The molecule has 0 saturated heterocycles. The molecule has 0 atom stereocenters. The molecule has 1 aromatic heterocycles. The third kappa shape index (κ3) is 2.79. The monoisotopic (exact) mass is 309 g/mol. The molecule has 0 bridgehead atoms. The molecule has 21 heavy (non-hydrogen) atoms. The molecular weight excluding hydrogens is 296 g/mol. The molecule has 3 rings (SSSR count). The van der Waals surface area contributed by atoms with E-state index in [4.69, 9.17) is 12.2 Å². The number of hydrogen-bond acceptors (Lipinski definition) is 3. The standard InChI is InChI=1S/C14H13F2N3OS/c15-10-3-1-2-8(12(10)16)6-19-5-4-11-9(7-19)13(20)18-14(21)17-11/h1-3H,4-7H2,(H2,17,18,20,21). The van der Waals surface area contributed by atoms with Crippen LogP contribution < -0.4 is 5.56 Å². The number of aromatic amines is 2. The van der Waals surface area contributed by atoms with E-state index in [0.29, 0.717) is 35.4 Å². The summed E-state index contributed by atoms with van der Waals surface area (Å²) in [6.45, 7) is 1.29. The average molecular weight is 309 g/mol. The van der Waals surface area contributed by atoms with E-state index >= 15 is 0 Å². The molecule has 0 saturated carbocycles. The van der Waals surface area contributed by atoms with Crippen molar-refractivity contribution in [2.45, 2.75) is 19.5 Å². The van der Waals surface area contributed by atoms with E-state index in [-0.39, 0.29) is 12.1 Å². The number of nitrogens with one attached hydrogen (secondary N) is 2. The first kappa shape index (κ1) is 14.1. The van der Waals surface area contributed by atoms with Crippen molar-refractivity contribution in [3.63, 3.8) is 0 Å². The number of H-pyrrole nitrogens is 2. The van der Waals surface area contributed by atoms with Crippen LogP contribution in [0.5, 0.6) is 0 Å². The van der Waals surface area contributed by atoms with Crippen molar-refractivity contribution in [1.82, 2.24) is 14.9 Å². The number of fused-ring (bicyclic) bond motifs is 1. The van der Waals surface area contributed by atoms with Crippen LogP contribution in [0.2, 0.25) is 0 Å². The molecule has 0 amide bonds. The first-order chi connectivity index (χ1) is 10.0. The van der Waals surface area contributed by atoms with Gasteiger partial charge in [-0.15, -0.1) is 0 Å². The molecule has 2 aromatic rings. The SMILES string of the molecule is O=c1[nH]c(=S)[nH]c2c1CN(Cc1cccc(F)c1F)CC2. The van der Waals surface area contributed by atoms with Gasteiger partial charge in [-0.2, -0.15) is 0 Å². The summed E-state index contributed by atoms with van der Waals surface area (Å²) in [6.07, 6.45) is 0.625. The highest BCUT2D eigenvalue weighted by atomic mass is 32.1. The Kier molecular flexibility index (Phi) is 3.69. The predicted octanol–water partition coefficient (Wildman–Crippen LogP) is 2.27. The lowest BCUT2D eigenvalue weighted by Gasteiger charge is -2.27. The van der Waals surface area contributed by atoms with Crippen LogP contribution in [-0.2, 0) is 19.5 Å². The fraction of sp³-hybridized carbons (Fsp3) is 0.286. The van der Waals surface area contributed by atoms with Gasteiger partial charge in [-0.3, -0.25) is 14.7 Å². The zero-order valence-electron chi connectivity index (χ0n) is 11.1. The van der Waals surface area contributed by atoms with Gasteiger partial charge in [0, 0.05) is 37.3 Å². The van der Waals surface area contributed by atoms with E-state index in [9.17, 15) is 13.6 Å². The number of nitrogens with zero attached hydrogens (tertiary/aromatic N) is 1. The molecule has 0 aliphatic carbocycles. The van der Waals surface area contributed by atoms with Crippen LogP contribution in [0.4, 0.5) is 8.78 Å². The van der Waals surface area contributed by atoms with Crippen molar-refractivity contribution in [2.24, 2.45) is 0 Å². The fourth-order valence-corrected chi connectivity index (χ4v) is 2.77. The molecule has 1 aromatic carbocycles. The highest BCUT2D eigenvalue weighted by Gasteiger charge is 2.21. The molecule has 0 fully saturated rings. The molecule has 0 radical (unpaired) electrons. The summed E-state index contributed by atoms with van der Waals surface area (Å²) < 4.78 is 27.2. The van der Waals surface area contributed by atoms with Crippen molar-refractivity contribution in [3.05, 3.63) is 61.8 Å². The topological polar surface area (TPSA) is 51.9 Å². The molecule has 2 N–H and O–H groups in total. The second-order valence-corrected chi connectivity index (χ2v) is 5.45. The quantitative estimate of drug-likeness (QED) is 0.837.